The van der Waals surface area contributed by atoms with Crippen molar-refractivity contribution in [2.75, 3.05) is 0 Å². The minimum absolute atomic E-state index is 0.0773. The lowest BCUT2D eigenvalue weighted by molar-refractivity contribution is -0.122. The number of amides is 1. The Balaban J connectivity index is 3.52. The summed E-state index contributed by atoms with van der Waals surface area (Å²) in [6.45, 7) is 4.48. The van der Waals surface area contributed by atoms with Gasteiger partial charge in [0.2, 0.25) is 5.91 Å². The first-order valence-electron chi connectivity index (χ1n) is 9.01. The number of unbranched alkanes of at least 4 members (excludes halogenated alkanes) is 10. The zero-order valence-corrected chi connectivity index (χ0v) is 14.0. The van der Waals surface area contributed by atoms with Crippen molar-refractivity contribution in [3.05, 3.63) is 0 Å². The first-order valence-corrected chi connectivity index (χ1v) is 9.01. The van der Waals surface area contributed by atoms with E-state index in [0.29, 0.717) is 0 Å². The molecule has 0 fully saturated rings. The molecule has 2 N–H and O–H groups in total. The number of primary amides is 1. The van der Waals surface area contributed by atoms with Gasteiger partial charge in [0.05, 0.1) is 0 Å². The van der Waals surface area contributed by atoms with Gasteiger partial charge in [-0.15, -0.1) is 0 Å². The predicted molar refractivity (Wildman–Crippen MR) is 88.7 cm³/mol. The molecule has 0 heterocycles. The van der Waals surface area contributed by atoms with Crippen LogP contribution in [0.2, 0.25) is 0 Å². The Morgan fingerprint density at radius 2 is 1.05 bits per heavy atom. The maximum Gasteiger partial charge on any atom is 0.220 e. The second kappa shape index (κ2) is 14.9. The number of carbonyl (C=O) groups is 1. The van der Waals surface area contributed by atoms with Crippen molar-refractivity contribution >= 4 is 5.91 Å². The molecule has 0 saturated heterocycles. The Kier molecular flexibility index (Phi) is 14.5. The molecule has 0 aliphatic carbocycles. The first kappa shape index (κ1) is 19.5. The monoisotopic (exact) mass is 283 g/mol. The first-order chi connectivity index (χ1) is 9.72. The van der Waals surface area contributed by atoms with Crippen molar-refractivity contribution in [1.82, 2.24) is 0 Å². The molecule has 2 heteroatoms. The van der Waals surface area contributed by atoms with E-state index in [2.05, 4.69) is 13.8 Å². The highest BCUT2D eigenvalue weighted by atomic mass is 16.1. The number of hydrogen-bond donors (Lipinski definition) is 1. The molecule has 0 aliphatic rings. The van der Waals surface area contributed by atoms with Gasteiger partial charge in [-0.2, -0.15) is 0 Å². The lowest BCUT2D eigenvalue weighted by atomic mass is 9.93. The third-order valence-electron chi connectivity index (χ3n) is 4.21. The summed E-state index contributed by atoms with van der Waals surface area (Å²) in [4.78, 5) is 11.4. The maximum atomic E-state index is 11.4. The molecule has 0 aromatic heterocycles. The van der Waals surface area contributed by atoms with Crippen LogP contribution in [0.1, 0.15) is 104 Å². The second-order valence-electron chi connectivity index (χ2n) is 6.21. The SMILES string of the molecule is CCCCCCCCCC(CCCCCCC)C(N)=O. The smallest absolute Gasteiger partial charge is 0.220 e. The van der Waals surface area contributed by atoms with E-state index in [1.54, 1.807) is 0 Å². The van der Waals surface area contributed by atoms with Crippen LogP contribution in [-0.4, -0.2) is 5.91 Å². The van der Waals surface area contributed by atoms with Crippen molar-refractivity contribution < 1.29 is 4.79 Å². The minimum atomic E-state index is -0.0773. The highest BCUT2D eigenvalue weighted by molar-refractivity contribution is 5.76. The van der Waals surface area contributed by atoms with E-state index in [1.165, 1.54) is 77.0 Å². The summed E-state index contributed by atoms with van der Waals surface area (Å²) in [5, 5.41) is 0. The third kappa shape index (κ3) is 12.5. The van der Waals surface area contributed by atoms with Gasteiger partial charge in [0.25, 0.3) is 0 Å². The van der Waals surface area contributed by atoms with Gasteiger partial charge < -0.3 is 5.73 Å². The molecule has 0 radical (unpaired) electrons. The Morgan fingerprint density at radius 3 is 1.40 bits per heavy atom. The number of hydrogen-bond acceptors (Lipinski definition) is 1. The van der Waals surface area contributed by atoms with Gasteiger partial charge >= 0.3 is 0 Å². The maximum absolute atomic E-state index is 11.4. The van der Waals surface area contributed by atoms with E-state index in [4.69, 9.17) is 5.73 Å². The van der Waals surface area contributed by atoms with E-state index in [9.17, 15) is 4.79 Å². The van der Waals surface area contributed by atoms with Crippen molar-refractivity contribution in [2.45, 2.75) is 104 Å². The summed E-state index contributed by atoms with van der Waals surface area (Å²) < 4.78 is 0. The summed E-state index contributed by atoms with van der Waals surface area (Å²) in [7, 11) is 0. The van der Waals surface area contributed by atoms with Crippen LogP contribution in [0, 0.1) is 5.92 Å². The fraction of sp³-hybridized carbons (Fsp3) is 0.944. The number of nitrogens with two attached hydrogens (primary N) is 1. The van der Waals surface area contributed by atoms with E-state index >= 15 is 0 Å². The van der Waals surface area contributed by atoms with Crippen LogP contribution in [0.25, 0.3) is 0 Å². The molecule has 0 saturated carbocycles. The zero-order valence-electron chi connectivity index (χ0n) is 14.0. The summed E-state index contributed by atoms with van der Waals surface area (Å²) in [6.07, 6.45) is 17.5. The molecular formula is C18H37NO. The topological polar surface area (TPSA) is 43.1 Å². The third-order valence-corrected chi connectivity index (χ3v) is 4.21. The summed E-state index contributed by atoms with van der Waals surface area (Å²) in [5.74, 6) is 0.0544. The van der Waals surface area contributed by atoms with Crippen LogP contribution >= 0.6 is 0 Å². The van der Waals surface area contributed by atoms with Crippen LogP contribution in [0.15, 0.2) is 0 Å². The highest BCUT2D eigenvalue weighted by Gasteiger charge is 2.14. The van der Waals surface area contributed by atoms with E-state index in [1.807, 2.05) is 0 Å². The summed E-state index contributed by atoms with van der Waals surface area (Å²) >= 11 is 0. The molecule has 1 amide bonds. The predicted octanol–water partition coefficient (Wildman–Crippen LogP) is 5.59. The molecule has 0 bridgehead atoms. The molecule has 120 valence electrons. The van der Waals surface area contributed by atoms with Gasteiger partial charge in [0.15, 0.2) is 0 Å². The molecule has 1 unspecified atom stereocenters. The quantitative estimate of drug-likeness (QED) is 0.391. The average molecular weight is 283 g/mol. The van der Waals surface area contributed by atoms with Crippen molar-refractivity contribution in [3.8, 4) is 0 Å². The van der Waals surface area contributed by atoms with Crippen molar-refractivity contribution in [3.63, 3.8) is 0 Å². The number of carbonyl (C=O) groups excluding carboxylic acids is 1. The molecule has 2 nitrogen and oxygen atoms in total. The van der Waals surface area contributed by atoms with Crippen LogP contribution in [0.5, 0.6) is 0 Å². The largest absolute Gasteiger partial charge is 0.369 e. The number of rotatable bonds is 15. The Hall–Kier alpha value is -0.530. The Bertz CT molecular complexity index is 215. The van der Waals surface area contributed by atoms with Gasteiger partial charge in [-0.3, -0.25) is 4.79 Å². The van der Waals surface area contributed by atoms with E-state index < -0.39 is 0 Å². The molecular weight excluding hydrogens is 246 g/mol. The van der Waals surface area contributed by atoms with E-state index in [0.717, 1.165) is 12.8 Å². The zero-order chi connectivity index (χ0) is 15.1. The standard InChI is InChI=1S/C18H37NO/c1-3-5-7-9-10-12-14-16-17(18(19)20)15-13-11-8-6-4-2/h17H,3-16H2,1-2H3,(H2,19,20). The van der Waals surface area contributed by atoms with Gasteiger partial charge in [-0.25, -0.2) is 0 Å². The summed E-state index contributed by atoms with van der Waals surface area (Å²) in [5.41, 5.74) is 5.52. The van der Waals surface area contributed by atoms with Crippen LogP contribution in [0.3, 0.4) is 0 Å². The molecule has 0 aromatic rings. The van der Waals surface area contributed by atoms with Crippen LogP contribution < -0.4 is 5.73 Å². The van der Waals surface area contributed by atoms with Crippen LogP contribution in [0.4, 0.5) is 0 Å². The van der Waals surface area contributed by atoms with Gasteiger partial charge in [-0.05, 0) is 12.8 Å². The fourth-order valence-corrected chi connectivity index (χ4v) is 2.77. The molecule has 0 aromatic carbocycles. The highest BCUT2D eigenvalue weighted by Crippen LogP contribution is 2.18. The lowest BCUT2D eigenvalue weighted by Crippen LogP contribution is -2.23. The molecule has 0 spiro atoms. The van der Waals surface area contributed by atoms with Crippen molar-refractivity contribution in [1.29, 1.82) is 0 Å². The fourth-order valence-electron chi connectivity index (χ4n) is 2.77. The Morgan fingerprint density at radius 1 is 0.700 bits per heavy atom. The van der Waals surface area contributed by atoms with Crippen LogP contribution in [-0.2, 0) is 4.79 Å². The van der Waals surface area contributed by atoms with Crippen molar-refractivity contribution in [2.24, 2.45) is 11.7 Å². The average Bonchev–Trinajstić information content (AvgIpc) is 2.43. The Labute approximate surface area is 126 Å². The normalized spacial score (nSPS) is 12.5. The molecule has 1 atom stereocenters. The van der Waals surface area contributed by atoms with Gasteiger partial charge in [-0.1, -0.05) is 90.9 Å². The summed E-state index contributed by atoms with van der Waals surface area (Å²) in [6, 6.07) is 0. The molecule has 0 aliphatic heterocycles. The molecule has 20 heavy (non-hydrogen) atoms. The lowest BCUT2D eigenvalue weighted by Gasteiger charge is -2.13. The molecule has 0 rings (SSSR count). The minimum Gasteiger partial charge on any atom is -0.369 e. The second-order valence-corrected chi connectivity index (χ2v) is 6.21. The van der Waals surface area contributed by atoms with Gasteiger partial charge in [0.1, 0.15) is 0 Å². The van der Waals surface area contributed by atoms with Gasteiger partial charge in [0, 0.05) is 5.92 Å². The van der Waals surface area contributed by atoms with E-state index in [-0.39, 0.29) is 11.8 Å².